The third-order valence-corrected chi connectivity index (χ3v) is 1.78. The Balaban J connectivity index is 2.78. The summed E-state index contributed by atoms with van der Waals surface area (Å²) in [6.45, 7) is 2.10. The number of anilines is 1. The van der Waals surface area contributed by atoms with E-state index in [0.717, 1.165) is 0 Å². The molecular formula is C11H14N2O3. The maximum atomic E-state index is 11.0. The first-order valence-electron chi connectivity index (χ1n) is 4.82. The predicted octanol–water partition coefficient (Wildman–Crippen LogP) is 1.25. The molecule has 1 aromatic rings. The van der Waals surface area contributed by atoms with Crippen molar-refractivity contribution >= 4 is 17.7 Å². The molecule has 0 aliphatic heterocycles. The number of rotatable bonds is 4. The van der Waals surface area contributed by atoms with E-state index in [2.05, 4.69) is 4.98 Å². The molecule has 0 unspecified atom stereocenters. The number of hydrogen-bond acceptors (Lipinski definition) is 5. The lowest BCUT2D eigenvalue weighted by Crippen LogP contribution is -1.99. The number of hydrogen-bond donors (Lipinski definition) is 1. The number of ether oxygens (including phenoxy) is 2. The van der Waals surface area contributed by atoms with Crippen molar-refractivity contribution in [3.8, 4) is 5.88 Å². The van der Waals surface area contributed by atoms with Gasteiger partial charge >= 0.3 is 5.97 Å². The molecule has 0 spiro atoms. The Bertz CT molecular complexity index is 402. The monoisotopic (exact) mass is 222 g/mol. The van der Waals surface area contributed by atoms with Gasteiger partial charge in [-0.25, -0.2) is 9.78 Å². The van der Waals surface area contributed by atoms with E-state index in [1.54, 1.807) is 25.1 Å². The fourth-order valence-corrected chi connectivity index (χ4v) is 1.07. The number of esters is 1. The van der Waals surface area contributed by atoms with E-state index in [1.165, 1.54) is 13.2 Å². The number of pyridine rings is 1. The van der Waals surface area contributed by atoms with Crippen LogP contribution >= 0.6 is 0 Å². The van der Waals surface area contributed by atoms with Gasteiger partial charge in [-0.3, -0.25) is 0 Å². The normalized spacial score (nSPS) is 10.4. The smallest absolute Gasteiger partial charge is 0.330 e. The molecule has 0 saturated carbocycles. The number of methoxy groups -OCH3 is 1. The number of aromatic nitrogens is 1. The topological polar surface area (TPSA) is 74.4 Å². The Morgan fingerprint density at radius 3 is 2.94 bits per heavy atom. The predicted molar refractivity (Wildman–Crippen MR) is 60.9 cm³/mol. The molecule has 16 heavy (non-hydrogen) atoms. The van der Waals surface area contributed by atoms with Crippen molar-refractivity contribution in [3.63, 3.8) is 0 Å². The summed E-state index contributed by atoms with van der Waals surface area (Å²) in [7, 11) is 1.48. The Morgan fingerprint density at radius 1 is 1.56 bits per heavy atom. The van der Waals surface area contributed by atoms with E-state index in [4.69, 9.17) is 15.2 Å². The van der Waals surface area contributed by atoms with Gasteiger partial charge in [0, 0.05) is 6.08 Å². The molecule has 0 aliphatic carbocycles. The van der Waals surface area contributed by atoms with E-state index in [0.29, 0.717) is 23.9 Å². The molecule has 0 aliphatic rings. The average Bonchev–Trinajstić information content (AvgIpc) is 2.28. The Labute approximate surface area is 93.9 Å². The molecule has 5 nitrogen and oxygen atoms in total. The van der Waals surface area contributed by atoms with Crippen molar-refractivity contribution in [1.82, 2.24) is 4.98 Å². The van der Waals surface area contributed by atoms with E-state index >= 15 is 0 Å². The standard InChI is InChI=1S/C11H14N2O3/c1-3-16-10(14)7-5-8-4-6-9(12)11(13-8)15-2/h4-7H,3,12H2,1-2H3. The molecule has 1 heterocycles. The van der Waals surface area contributed by atoms with Gasteiger partial charge < -0.3 is 15.2 Å². The van der Waals surface area contributed by atoms with Crippen molar-refractivity contribution in [3.05, 3.63) is 23.9 Å². The van der Waals surface area contributed by atoms with Crippen LogP contribution in [0.2, 0.25) is 0 Å². The van der Waals surface area contributed by atoms with Crippen LogP contribution < -0.4 is 10.5 Å². The maximum Gasteiger partial charge on any atom is 0.330 e. The van der Waals surface area contributed by atoms with Crippen LogP contribution in [-0.2, 0) is 9.53 Å². The number of nitrogens with two attached hydrogens (primary N) is 1. The second-order valence-corrected chi connectivity index (χ2v) is 2.92. The van der Waals surface area contributed by atoms with Crippen molar-refractivity contribution in [2.45, 2.75) is 6.92 Å². The molecule has 0 amide bonds. The molecule has 0 bridgehead atoms. The maximum absolute atomic E-state index is 11.0. The highest BCUT2D eigenvalue weighted by atomic mass is 16.5. The lowest BCUT2D eigenvalue weighted by atomic mass is 10.3. The molecule has 0 aromatic carbocycles. The first kappa shape index (κ1) is 12.0. The Morgan fingerprint density at radius 2 is 2.31 bits per heavy atom. The zero-order valence-corrected chi connectivity index (χ0v) is 9.27. The minimum absolute atomic E-state index is 0.339. The fraction of sp³-hybridized carbons (Fsp3) is 0.273. The summed E-state index contributed by atoms with van der Waals surface area (Å²) in [5.41, 5.74) is 6.64. The second kappa shape index (κ2) is 5.75. The van der Waals surface area contributed by atoms with Gasteiger partial charge in [-0.05, 0) is 25.1 Å². The highest BCUT2D eigenvalue weighted by molar-refractivity contribution is 5.86. The average molecular weight is 222 g/mol. The summed E-state index contributed by atoms with van der Waals surface area (Å²) in [5, 5.41) is 0. The number of nitrogens with zero attached hydrogens (tertiary/aromatic N) is 1. The first-order chi connectivity index (χ1) is 7.67. The van der Waals surface area contributed by atoms with E-state index in [9.17, 15) is 4.79 Å². The van der Waals surface area contributed by atoms with Gasteiger partial charge in [0.1, 0.15) is 0 Å². The molecule has 1 rings (SSSR count). The van der Waals surface area contributed by atoms with Crippen LogP contribution in [0.4, 0.5) is 5.69 Å². The summed E-state index contributed by atoms with van der Waals surface area (Å²) in [6, 6.07) is 3.35. The minimum atomic E-state index is -0.403. The van der Waals surface area contributed by atoms with Crippen LogP contribution in [0.15, 0.2) is 18.2 Å². The molecule has 0 radical (unpaired) electrons. The molecule has 5 heteroatoms. The van der Waals surface area contributed by atoms with Crippen LogP contribution in [0.1, 0.15) is 12.6 Å². The molecular weight excluding hydrogens is 208 g/mol. The Hall–Kier alpha value is -2.04. The SMILES string of the molecule is CCOC(=O)C=Cc1ccc(N)c(OC)n1. The van der Waals surface area contributed by atoms with Crippen LogP contribution in [-0.4, -0.2) is 24.7 Å². The van der Waals surface area contributed by atoms with Gasteiger partial charge in [-0.2, -0.15) is 0 Å². The summed E-state index contributed by atoms with van der Waals surface area (Å²) >= 11 is 0. The van der Waals surface area contributed by atoms with Gasteiger partial charge in [0.2, 0.25) is 5.88 Å². The number of carbonyl (C=O) groups excluding carboxylic acids is 1. The van der Waals surface area contributed by atoms with Crippen LogP contribution in [0.25, 0.3) is 6.08 Å². The van der Waals surface area contributed by atoms with Crippen molar-refractivity contribution in [2.24, 2.45) is 0 Å². The number of carbonyl (C=O) groups is 1. The van der Waals surface area contributed by atoms with Gasteiger partial charge in [-0.15, -0.1) is 0 Å². The van der Waals surface area contributed by atoms with Crippen molar-refractivity contribution in [2.75, 3.05) is 19.5 Å². The van der Waals surface area contributed by atoms with E-state index < -0.39 is 5.97 Å². The zero-order chi connectivity index (χ0) is 12.0. The van der Waals surface area contributed by atoms with Crippen LogP contribution in [0, 0.1) is 0 Å². The minimum Gasteiger partial charge on any atom is -0.480 e. The molecule has 86 valence electrons. The summed E-state index contributed by atoms with van der Waals surface area (Å²) in [4.78, 5) is 15.1. The molecule has 0 saturated heterocycles. The molecule has 1 aromatic heterocycles. The summed E-state index contributed by atoms with van der Waals surface area (Å²) in [5.74, 6) is -0.0638. The zero-order valence-electron chi connectivity index (χ0n) is 9.27. The van der Waals surface area contributed by atoms with Crippen LogP contribution in [0.5, 0.6) is 5.88 Å². The van der Waals surface area contributed by atoms with Gasteiger partial charge in [0.25, 0.3) is 0 Å². The third kappa shape index (κ3) is 3.27. The highest BCUT2D eigenvalue weighted by Gasteiger charge is 2.01. The van der Waals surface area contributed by atoms with Crippen LogP contribution in [0.3, 0.4) is 0 Å². The third-order valence-electron chi connectivity index (χ3n) is 1.78. The Kier molecular flexibility index (Phi) is 4.32. The van der Waals surface area contributed by atoms with Gasteiger partial charge in [-0.1, -0.05) is 0 Å². The lowest BCUT2D eigenvalue weighted by molar-refractivity contribution is -0.137. The van der Waals surface area contributed by atoms with E-state index in [1.807, 2.05) is 0 Å². The largest absolute Gasteiger partial charge is 0.480 e. The van der Waals surface area contributed by atoms with E-state index in [-0.39, 0.29) is 0 Å². The van der Waals surface area contributed by atoms with Gasteiger partial charge in [0.05, 0.1) is 25.1 Å². The fourth-order valence-electron chi connectivity index (χ4n) is 1.07. The van der Waals surface area contributed by atoms with Crippen molar-refractivity contribution < 1.29 is 14.3 Å². The summed E-state index contributed by atoms with van der Waals surface area (Å²) in [6.07, 6.45) is 2.85. The second-order valence-electron chi connectivity index (χ2n) is 2.92. The van der Waals surface area contributed by atoms with Gasteiger partial charge in [0.15, 0.2) is 0 Å². The number of nitrogen functional groups attached to an aromatic ring is 1. The summed E-state index contributed by atoms with van der Waals surface area (Å²) < 4.78 is 9.69. The molecule has 0 fully saturated rings. The molecule has 2 N–H and O–H groups in total. The quantitative estimate of drug-likeness (QED) is 0.613. The van der Waals surface area contributed by atoms with Crippen molar-refractivity contribution in [1.29, 1.82) is 0 Å². The highest BCUT2D eigenvalue weighted by Crippen LogP contribution is 2.18. The lowest BCUT2D eigenvalue weighted by Gasteiger charge is -2.03. The first-order valence-corrected chi connectivity index (χ1v) is 4.82. The molecule has 0 atom stereocenters.